The van der Waals surface area contributed by atoms with E-state index in [1.807, 2.05) is 27.7 Å². The number of ether oxygens (including phenoxy) is 2. The number of hydrogen-bond acceptors (Lipinski definition) is 4. The van der Waals surface area contributed by atoms with Crippen LogP contribution in [0.5, 0.6) is 0 Å². The van der Waals surface area contributed by atoms with E-state index < -0.39 is 0 Å². The standard InChI is InChI=1S/C23H42O4/c1-16(2)12-13-20(22(24)26-14-17(3)4)21(19-10-8-7-9-11-19)23(25)27-15-18(5)6/h16-21H,7-15H2,1-6H3. The lowest BCUT2D eigenvalue weighted by atomic mass is 9.72. The largest absolute Gasteiger partial charge is 0.465 e. The topological polar surface area (TPSA) is 52.6 Å². The van der Waals surface area contributed by atoms with Gasteiger partial charge in [-0.05, 0) is 42.9 Å². The first-order valence-corrected chi connectivity index (χ1v) is 11.1. The number of rotatable bonds is 11. The Balaban J connectivity index is 3.00. The van der Waals surface area contributed by atoms with Crippen LogP contribution >= 0.6 is 0 Å². The summed E-state index contributed by atoms with van der Waals surface area (Å²) in [6, 6.07) is 0. The molecule has 4 heteroatoms. The maximum absolute atomic E-state index is 13.0. The Morgan fingerprint density at radius 2 is 1.26 bits per heavy atom. The van der Waals surface area contributed by atoms with E-state index in [1.54, 1.807) is 0 Å². The molecule has 0 heterocycles. The summed E-state index contributed by atoms with van der Waals surface area (Å²) in [5, 5.41) is 0. The molecule has 2 unspecified atom stereocenters. The molecule has 0 amide bonds. The Morgan fingerprint density at radius 3 is 1.74 bits per heavy atom. The smallest absolute Gasteiger partial charge is 0.310 e. The van der Waals surface area contributed by atoms with Crippen LogP contribution in [0.2, 0.25) is 0 Å². The third kappa shape index (κ3) is 9.12. The number of carbonyl (C=O) groups is 2. The van der Waals surface area contributed by atoms with Crippen LogP contribution in [0.25, 0.3) is 0 Å². The predicted molar refractivity (Wildman–Crippen MR) is 109 cm³/mol. The molecule has 158 valence electrons. The lowest BCUT2D eigenvalue weighted by Crippen LogP contribution is -2.39. The van der Waals surface area contributed by atoms with Crippen LogP contribution in [-0.4, -0.2) is 25.2 Å². The Bertz CT molecular complexity index is 436. The molecule has 1 rings (SSSR count). The van der Waals surface area contributed by atoms with Gasteiger partial charge in [-0.25, -0.2) is 0 Å². The van der Waals surface area contributed by atoms with Gasteiger partial charge in [0.15, 0.2) is 0 Å². The molecule has 27 heavy (non-hydrogen) atoms. The highest BCUT2D eigenvalue weighted by Crippen LogP contribution is 2.38. The van der Waals surface area contributed by atoms with Crippen molar-refractivity contribution in [2.75, 3.05) is 13.2 Å². The molecular weight excluding hydrogens is 340 g/mol. The Labute approximate surface area is 166 Å². The van der Waals surface area contributed by atoms with E-state index in [9.17, 15) is 9.59 Å². The Kier molecular flexibility index (Phi) is 11.0. The summed E-state index contributed by atoms with van der Waals surface area (Å²) in [7, 11) is 0. The second-order valence-corrected chi connectivity index (χ2v) is 9.55. The molecule has 0 spiro atoms. The van der Waals surface area contributed by atoms with E-state index in [2.05, 4.69) is 13.8 Å². The molecule has 0 aromatic rings. The van der Waals surface area contributed by atoms with Gasteiger partial charge in [0.2, 0.25) is 0 Å². The fourth-order valence-electron chi connectivity index (χ4n) is 3.84. The molecule has 0 N–H and O–H groups in total. The van der Waals surface area contributed by atoms with Crippen molar-refractivity contribution in [3.63, 3.8) is 0 Å². The van der Waals surface area contributed by atoms with E-state index in [4.69, 9.17) is 9.47 Å². The van der Waals surface area contributed by atoms with Crippen LogP contribution in [0.15, 0.2) is 0 Å². The normalized spacial score (nSPS) is 18.0. The van der Waals surface area contributed by atoms with Gasteiger partial charge in [-0.1, -0.05) is 67.2 Å². The highest BCUT2D eigenvalue weighted by Gasteiger charge is 2.41. The average molecular weight is 383 g/mol. The van der Waals surface area contributed by atoms with Crippen molar-refractivity contribution < 1.29 is 19.1 Å². The predicted octanol–water partition coefficient (Wildman–Crippen LogP) is 5.63. The zero-order valence-electron chi connectivity index (χ0n) is 18.5. The van der Waals surface area contributed by atoms with Gasteiger partial charge >= 0.3 is 11.9 Å². The summed E-state index contributed by atoms with van der Waals surface area (Å²) < 4.78 is 11.2. The van der Waals surface area contributed by atoms with Crippen molar-refractivity contribution in [1.82, 2.24) is 0 Å². The summed E-state index contributed by atoms with van der Waals surface area (Å²) in [5.74, 6) is 0.179. The zero-order chi connectivity index (χ0) is 20.4. The molecule has 1 aliphatic carbocycles. The second kappa shape index (κ2) is 12.4. The third-order valence-electron chi connectivity index (χ3n) is 5.34. The third-order valence-corrected chi connectivity index (χ3v) is 5.34. The van der Waals surface area contributed by atoms with Gasteiger partial charge in [-0.15, -0.1) is 0 Å². The van der Waals surface area contributed by atoms with Crippen LogP contribution < -0.4 is 0 Å². The minimum atomic E-state index is -0.381. The first kappa shape index (κ1) is 24.0. The summed E-state index contributed by atoms with van der Waals surface area (Å²) in [4.78, 5) is 26.0. The first-order chi connectivity index (χ1) is 12.7. The lowest BCUT2D eigenvalue weighted by Gasteiger charge is -2.34. The molecule has 0 aliphatic heterocycles. The summed E-state index contributed by atoms with van der Waals surface area (Å²) in [5.41, 5.74) is 0. The van der Waals surface area contributed by atoms with Crippen molar-refractivity contribution in [1.29, 1.82) is 0 Å². The monoisotopic (exact) mass is 382 g/mol. The Hall–Kier alpha value is -1.06. The van der Waals surface area contributed by atoms with E-state index in [0.29, 0.717) is 37.4 Å². The minimum Gasteiger partial charge on any atom is -0.465 e. The van der Waals surface area contributed by atoms with E-state index >= 15 is 0 Å². The average Bonchev–Trinajstić information content (AvgIpc) is 2.61. The fraction of sp³-hybridized carbons (Fsp3) is 0.913. The van der Waals surface area contributed by atoms with Crippen molar-refractivity contribution in [2.24, 2.45) is 35.5 Å². The van der Waals surface area contributed by atoms with Crippen LogP contribution in [0.1, 0.15) is 86.5 Å². The molecule has 2 atom stereocenters. The molecular formula is C23H42O4. The van der Waals surface area contributed by atoms with Crippen LogP contribution in [-0.2, 0) is 19.1 Å². The highest BCUT2D eigenvalue weighted by atomic mass is 16.5. The molecule has 4 nitrogen and oxygen atoms in total. The van der Waals surface area contributed by atoms with Gasteiger partial charge in [-0.2, -0.15) is 0 Å². The highest BCUT2D eigenvalue weighted by molar-refractivity contribution is 5.82. The number of carbonyl (C=O) groups excluding carboxylic acids is 2. The van der Waals surface area contributed by atoms with Crippen molar-refractivity contribution in [2.45, 2.75) is 86.5 Å². The molecule has 1 fully saturated rings. The molecule has 0 aromatic carbocycles. The van der Waals surface area contributed by atoms with Gasteiger partial charge in [0, 0.05) is 0 Å². The first-order valence-electron chi connectivity index (χ1n) is 11.1. The van der Waals surface area contributed by atoms with Crippen LogP contribution in [0.3, 0.4) is 0 Å². The second-order valence-electron chi connectivity index (χ2n) is 9.55. The molecule has 1 saturated carbocycles. The van der Waals surface area contributed by atoms with Crippen LogP contribution in [0.4, 0.5) is 0 Å². The van der Waals surface area contributed by atoms with E-state index in [-0.39, 0.29) is 29.7 Å². The molecule has 1 aliphatic rings. The number of esters is 2. The van der Waals surface area contributed by atoms with Crippen molar-refractivity contribution in [3.8, 4) is 0 Å². The van der Waals surface area contributed by atoms with Gasteiger partial charge in [0.25, 0.3) is 0 Å². The minimum absolute atomic E-state index is 0.189. The fourth-order valence-corrected chi connectivity index (χ4v) is 3.84. The van der Waals surface area contributed by atoms with Gasteiger partial charge in [0.05, 0.1) is 25.0 Å². The van der Waals surface area contributed by atoms with Crippen molar-refractivity contribution in [3.05, 3.63) is 0 Å². The molecule has 0 saturated heterocycles. The number of hydrogen-bond donors (Lipinski definition) is 0. The SMILES string of the molecule is CC(C)CCC(C(=O)OCC(C)C)C(C(=O)OCC(C)C)C1CCCCC1. The molecule has 0 bridgehead atoms. The maximum Gasteiger partial charge on any atom is 0.310 e. The lowest BCUT2D eigenvalue weighted by molar-refractivity contribution is -0.165. The maximum atomic E-state index is 13.0. The Morgan fingerprint density at radius 1 is 0.741 bits per heavy atom. The van der Waals surface area contributed by atoms with Gasteiger partial charge in [-0.3, -0.25) is 9.59 Å². The van der Waals surface area contributed by atoms with E-state index in [1.165, 1.54) is 6.42 Å². The van der Waals surface area contributed by atoms with Crippen molar-refractivity contribution >= 4 is 11.9 Å². The van der Waals surface area contributed by atoms with Gasteiger partial charge in [0.1, 0.15) is 0 Å². The zero-order valence-corrected chi connectivity index (χ0v) is 18.5. The summed E-state index contributed by atoms with van der Waals surface area (Å²) >= 11 is 0. The summed E-state index contributed by atoms with van der Waals surface area (Å²) in [6.45, 7) is 13.3. The quantitative estimate of drug-likeness (QED) is 0.434. The molecule has 0 radical (unpaired) electrons. The van der Waals surface area contributed by atoms with E-state index in [0.717, 1.165) is 32.1 Å². The summed E-state index contributed by atoms with van der Waals surface area (Å²) in [6.07, 6.45) is 7.13. The molecule has 0 aromatic heterocycles. The van der Waals surface area contributed by atoms with Crippen LogP contribution in [0, 0.1) is 35.5 Å². The van der Waals surface area contributed by atoms with Gasteiger partial charge < -0.3 is 9.47 Å².